The lowest BCUT2D eigenvalue weighted by atomic mass is 10.0. The number of allylic oxidation sites excluding steroid dienone is 1. The summed E-state index contributed by atoms with van der Waals surface area (Å²) in [6.07, 6.45) is 5.47. The summed E-state index contributed by atoms with van der Waals surface area (Å²) >= 11 is 0. The van der Waals surface area contributed by atoms with Gasteiger partial charge in [-0.3, -0.25) is 24.4 Å². The third kappa shape index (κ3) is 6.77. The second-order valence-electron chi connectivity index (χ2n) is 9.31. The van der Waals surface area contributed by atoms with Crippen LogP contribution in [0.4, 0.5) is 5.69 Å². The predicted molar refractivity (Wildman–Crippen MR) is 140 cm³/mol. The zero-order valence-corrected chi connectivity index (χ0v) is 21.6. The molecule has 0 spiro atoms. The maximum Gasteiger partial charge on any atom is 0.306 e. The molecule has 0 saturated carbocycles. The molecule has 1 aliphatic carbocycles. The number of anilines is 1. The van der Waals surface area contributed by atoms with E-state index in [0.717, 1.165) is 48.3 Å². The Kier molecular flexibility index (Phi) is 8.95. The van der Waals surface area contributed by atoms with Gasteiger partial charge in [0.2, 0.25) is 0 Å². The van der Waals surface area contributed by atoms with Crippen LogP contribution >= 0.6 is 0 Å². The van der Waals surface area contributed by atoms with Gasteiger partial charge in [0.1, 0.15) is 6.61 Å². The first-order chi connectivity index (χ1) is 18.0. The molecule has 0 aromatic heterocycles. The summed E-state index contributed by atoms with van der Waals surface area (Å²) < 4.78 is 10.4. The Morgan fingerprint density at radius 1 is 1.03 bits per heavy atom. The van der Waals surface area contributed by atoms with Crippen LogP contribution in [0.25, 0.3) is 0 Å². The van der Waals surface area contributed by atoms with Gasteiger partial charge in [-0.2, -0.15) is 0 Å². The first kappa shape index (κ1) is 26.4. The molecule has 1 aliphatic heterocycles. The Labute approximate surface area is 218 Å². The molecule has 4 rings (SSSR count). The molecule has 0 radical (unpaired) electrons. The minimum absolute atomic E-state index is 0.0139. The lowest BCUT2D eigenvalue weighted by Gasteiger charge is -2.25. The Balaban J connectivity index is 1.35. The second-order valence-corrected chi connectivity index (χ2v) is 9.31. The number of Topliss-reactive ketones (excluding diaryl/α,β-unsaturated/α-hetero) is 1. The summed E-state index contributed by atoms with van der Waals surface area (Å²) in [5.41, 5.74) is 7.83. The van der Waals surface area contributed by atoms with Gasteiger partial charge in [0, 0.05) is 30.6 Å². The highest BCUT2D eigenvalue weighted by molar-refractivity contribution is 6.04. The van der Waals surface area contributed by atoms with Gasteiger partial charge >= 0.3 is 11.9 Å². The van der Waals surface area contributed by atoms with Crippen LogP contribution in [-0.2, 0) is 32.1 Å². The minimum atomic E-state index is -0.398. The summed E-state index contributed by atoms with van der Waals surface area (Å²) in [6.45, 7) is 5.26. The molecule has 2 aromatic rings. The van der Waals surface area contributed by atoms with Crippen LogP contribution in [0.2, 0.25) is 0 Å². The summed E-state index contributed by atoms with van der Waals surface area (Å²) in [5, 5.41) is 3.98. The number of hydrogen-bond donors (Lipinski definition) is 1. The maximum atomic E-state index is 13.2. The lowest BCUT2D eigenvalue weighted by molar-refractivity contribution is -0.146. The average Bonchev–Trinajstić information content (AvgIpc) is 3.46. The number of carbonyl (C=O) groups is 3. The number of benzene rings is 2. The monoisotopic (exact) mass is 505 g/mol. The Morgan fingerprint density at radius 2 is 1.84 bits per heavy atom. The van der Waals surface area contributed by atoms with Crippen molar-refractivity contribution in [2.24, 2.45) is 5.92 Å². The molecular formula is C29H35N3O5. The first-order valence-electron chi connectivity index (χ1n) is 13.0. The molecule has 2 aromatic carbocycles. The van der Waals surface area contributed by atoms with Crippen molar-refractivity contribution >= 4 is 23.4 Å². The first-order valence-corrected chi connectivity index (χ1v) is 13.0. The normalized spacial score (nSPS) is 16.5. The Morgan fingerprint density at radius 3 is 2.59 bits per heavy atom. The van der Waals surface area contributed by atoms with E-state index in [9.17, 15) is 14.4 Å². The molecule has 0 saturated heterocycles. The highest BCUT2D eigenvalue weighted by Crippen LogP contribution is 2.34. The number of nitrogens with one attached hydrogen (secondary N) is 1. The quantitative estimate of drug-likeness (QED) is 0.328. The zero-order chi connectivity index (χ0) is 26.2. The van der Waals surface area contributed by atoms with Gasteiger partial charge in [-0.05, 0) is 62.8 Å². The van der Waals surface area contributed by atoms with Crippen LogP contribution in [0.5, 0.6) is 0 Å². The lowest BCUT2D eigenvalue weighted by Crippen LogP contribution is -2.40. The van der Waals surface area contributed by atoms with Crippen molar-refractivity contribution in [2.75, 3.05) is 18.2 Å². The van der Waals surface area contributed by atoms with Gasteiger partial charge in [-0.25, -0.2) is 0 Å². The highest BCUT2D eigenvalue weighted by Gasteiger charge is 2.33. The van der Waals surface area contributed by atoms with Gasteiger partial charge in [0.25, 0.3) is 0 Å². The predicted octanol–water partition coefficient (Wildman–Crippen LogP) is 4.70. The molecule has 37 heavy (non-hydrogen) atoms. The second kappa shape index (κ2) is 12.5. The standard InChI is InChI=1S/C29H35N3O5/c1-3-31-19-25(12-8-9-13-27(33)36-4-2)32(30-31)24-15-14-22-16-23(29(35)26(22)18-24)17-28(34)37-20-21-10-6-5-7-11-21/h5-7,10-11,14-15,18-19,23,30H,3-4,8-9,12-13,16-17,20H2,1-2H3. The average molecular weight is 506 g/mol. The SMILES string of the molecule is CCOC(=O)CCCCC1=CN(CC)NN1c1ccc2c(c1)C(=O)C(CC(=O)OCc1ccccc1)C2. The number of ketones is 1. The Hall–Kier alpha value is -3.65. The van der Waals surface area contributed by atoms with Gasteiger partial charge in [0.15, 0.2) is 5.78 Å². The fourth-order valence-electron chi connectivity index (χ4n) is 4.68. The van der Waals surface area contributed by atoms with E-state index in [-0.39, 0.29) is 30.7 Å². The fraction of sp³-hybridized carbons (Fsp3) is 0.414. The molecule has 0 amide bonds. The fourth-order valence-corrected chi connectivity index (χ4v) is 4.68. The molecule has 2 aliphatic rings. The number of unbranched alkanes of at least 4 members (excludes halogenated alkanes) is 1. The summed E-state index contributed by atoms with van der Waals surface area (Å²) in [6, 6.07) is 15.4. The number of hydrogen-bond acceptors (Lipinski definition) is 8. The van der Waals surface area contributed by atoms with E-state index in [2.05, 4.69) is 18.7 Å². The number of rotatable bonds is 12. The van der Waals surface area contributed by atoms with Gasteiger partial charge < -0.3 is 9.47 Å². The summed E-state index contributed by atoms with van der Waals surface area (Å²) in [7, 11) is 0. The van der Waals surface area contributed by atoms with Crippen molar-refractivity contribution < 1.29 is 23.9 Å². The summed E-state index contributed by atoms with van der Waals surface area (Å²) in [4.78, 5) is 37.2. The molecule has 1 unspecified atom stereocenters. The van der Waals surface area contributed by atoms with Crippen LogP contribution in [0.15, 0.2) is 60.4 Å². The number of carbonyl (C=O) groups excluding carboxylic acids is 3. The van der Waals surface area contributed by atoms with Crippen LogP contribution < -0.4 is 10.5 Å². The summed E-state index contributed by atoms with van der Waals surface area (Å²) in [5.74, 6) is -0.933. The van der Waals surface area contributed by atoms with Crippen LogP contribution in [0, 0.1) is 5.92 Å². The Bertz CT molecular complexity index is 1150. The van der Waals surface area contributed by atoms with E-state index < -0.39 is 5.92 Å². The highest BCUT2D eigenvalue weighted by atomic mass is 16.5. The number of esters is 2. The number of nitrogens with zero attached hydrogens (tertiary/aromatic N) is 2. The maximum absolute atomic E-state index is 13.2. The van der Waals surface area contributed by atoms with E-state index in [0.29, 0.717) is 25.0 Å². The molecule has 0 fully saturated rings. The van der Waals surface area contributed by atoms with Crippen molar-refractivity contribution in [2.45, 2.75) is 59.0 Å². The largest absolute Gasteiger partial charge is 0.466 e. The molecule has 8 nitrogen and oxygen atoms in total. The van der Waals surface area contributed by atoms with Crippen molar-refractivity contribution in [3.63, 3.8) is 0 Å². The molecule has 1 N–H and O–H groups in total. The smallest absolute Gasteiger partial charge is 0.306 e. The topological polar surface area (TPSA) is 88.2 Å². The van der Waals surface area contributed by atoms with E-state index in [1.165, 1.54) is 0 Å². The molecule has 1 heterocycles. The van der Waals surface area contributed by atoms with Gasteiger partial charge in [0.05, 0.1) is 24.4 Å². The van der Waals surface area contributed by atoms with Crippen molar-refractivity contribution in [1.82, 2.24) is 10.5 Å². The van der Waals surface area contributed by atoms with E-state index in [1.54, 1.807) is 0 Å². The minimum Gasteiger partial charge on any atom is -0.466 e. The van der Waals surface area contributed by atoms with Crippen LogP contribution in [0.1, 0.15) is 67.4 Å². The van der Waals surface area contributed by atoms with Crippen LogP contribution in [-0.4, -0.2) is 35.9 Å². The van der Waals surface area contributed by atoms with Crippen LogP contribution in [0.3, 0.4) is 0 Å². The van der Waals surface area contributed by atoms with Gasteiger partial charge in [-0.15, -0.1) is 5.53 Å². The molecular weight excluding hydrogens is 470 g/mol. The number of hydrazine groups is 2. The third-order valence-corrected chi connectivity index (χ3v) is 6.64. The van der Waals surface area contributed by atoms with E-state index in [1.807, 2.05) is 65.5 Å². The van der Waals surface area contributed by atoms with Crippen molar-refractivity contribution in [3.8, 4) is 0 Å². The molecule has 0 bridgehead atoms. The molecule has 196 valence electrons. The zero-order valence-electron chi connectivity index (χ0n) is 21.6. The van der Waals surface area contributed by atoms with E-state index >= 15 is 0 Å². The molecule has 8 heteroatoms. The third-order valence-electron chi connectivity index (χ3n) is 6.64. The van der Waals surface area contributed by atoms with Gasteiger partial charge in [-0.1, -0.05) is 36.4 Å². The van der Waals surface area contributed by atoms with E-state index in [4.69, 9.17) is 9.47 Å². The van der Waals surface area contributed by atoms with Crippen molar-refractivity contribution in [1.29, 1.82) is 0 Å². The molecule has 1 atom stereocenters. The number of ether oxygens (including phenoxy) is 2. The van der Waals surface area contributed by atoms with Crippen molar-refractivity contribution in [3.05, 3.63) is 77.1 Å². The number of fused-ring (bicyclic) bond motifs is 1.